The first-order valence-electron chi connectivity index (χ1n) is 8.41. The van der Waals surface area contributed by atoms with E-state index in [1.165, 1.54) is 12.1 Å². The summed E-state index contributed by atoms with van der Waals surface area (Å²) in [5.41, 5.74) is 1.69. The van der Waals surface area contributed by atoms with E-state index in [0.29, 0.717) is 11.7 Å². The Kier molecular flexibility index (Phi) is 4.31. The molecule has 1 aliphatic heterocycles. The molecule has 0 unspecified atom stereocenters. The van der Waals surface area contributed by atoms with Crippen LogP contribution >= 0.6 is 0 Å². The fraction of sp³-hybridized carbons (Fsp3) is 0.389. The Morgan fingerprint density at radius 3 is 2.80 bits per heavy atom. The van der Waals surface area contributed by atoms with Gasteiger partial charge in [0.25, 0.3) is 0 Å². The highest BCUT2D eigenvalue weighted by atomic mass is 19.1. The minimum atomic E-state index is -0.279. The third kappa shape index (κ3) is 3.61. The predicted molar refractivity (Wildman–Crippen MR) is 88.2 cm³/mol. The molecular weight excluding hydrogens is 323 g/mol. The quantitative estimate of drug-likeness (QED) is 0.722. The number of halogens is 1. The maximum atomic E-state index is 13.0. The van der Waals surface area contributed by atoms with Crippen molar-refractivity contribution in [3.8, 4) is 11.4 Å². The van der Waals surface area contributed by atoms with Crippen LogP contribution in [0.2, 0.25) is 0 Å². The number of aryl methyl sites for hydroxylation is 1. The van der Waals surface area contributed by atoms with E-state index in [0.717, 1.165) is 49.5 Å². The van der Waals surface area contributed by atoms with Crippen LogP contribution in [0, 0.1) is 12.7 Å². The molecular formula is C18H19FN4O2. The molecule has 0 aliphatic carbocycles. The van der Waals surface area contributed by atoms with Crippen molar-refractivity contribution in [2.45, 2.75) is 32.2 Å². The van der Waals surface area contributed by atoms with Crippen LogP contribution in [0.3, 0.4) is 0 Å². The van der Waals surface area contributed by atoms with Gasteiger partial charge in [-0.05, 0) is 50.6 Å². The molecule has 1 fully saturated rings. The zero-order chi connectivity index (χ0) is 17.2. The second-order valence-electron chi connectivity index (χ2n) is 6.47. The highest BCUT2D eigenvalue weighted by molar-refractivity contribution is 5.53. The summed E-state index contributed by atoms with van der Waals surface area (Å²) in [6, 6.07) is 8.07. The van der Waals surface area contributed by atoms with E-state index in [9.17, 15) is 4.39 Å². The van der Waals surface area contributed by atoms with Crippen molar-refractivity contribution < 1.29 is 13.4 Å². The van der Waals surface area contributed by atoms with Crippen LogP contribution in [0.15, 0.2) is 39.4 Å². The first-order valence-corrected chi connectivity index (χ1v) is 8.41. The summed E-state index contributed by atoms with van der Waals surface area (Å²) in [5, 5.41) is 8.11. The van der Waals surface area contributed by atoms with Crippen molar-refractivity contribution in [3.05, 3.63) is 53.5 Å². The summed E-state index contributed by atoms with van der Waals surface area (Å²) in [6.45, 7) is 4.51. The molecule has 0 saturated carbocycles. The molecule has 2 aromatic heterocycles. The Balaban J connectivity index is 1.45. The summed E-state index contributed by atoms with van der Waals surface area (Å²) in [4.78, 5) is 6.85. The van der Waals surface area contributed by atoms with Gasteiger partial charge in [0.05, 0.1) is 11.6 Å². The molecule has 0 amide bonds. The molecule has 6 nitrogen and oxygen atoms in total. The van der Waals surface area contributed by atoms with E-state index in [-0.39, 0.29) is 11.7 Å². The summed E-state index contributed by atoms with van der Waals surface area (Å²) in [7, 11) is 0. The van der Waals surface area contributed by atoms with Gasteiger partial charge in [0.2, 0.25) is 11.7 Å². The molecule has 1 aromatic carbocycles. The maximum absolute atomic E-state index is 13.0. The van der Waals surface area contributed by atoms with Crippen molar-refractivity contribution in [2.75, 3.05) is 13.1 Å². The molecule has 3 aromatic rings. The lowest BCUT2D eigenvalue weighted by atomic mass is 9.98. The standard InChI is InChI=1S/C18H19FN4O2/c1-12-9-16(21-24-12)11-23-8-2-3-14(10-23)18-20-17(22-25-18)13-4-6-15(19)7-5-13/h4-7,9,14H,2-3,8,10-11H2,1H3/t14-/m0/s1. The van der Waals surface area contributed by atoms with Gasteiger partial charge in [-0.2, -0.15) is 4.98 Å². The molecule has 130 valence electrons. The Morgan fingerprint density at radius 2 is 2.04 bits per heavy atom. The maximum Gasteiger partial charge on any atom is 0.231 e. The Bertz CT molecular complexity index is 843. The first-order chi connectivity index (χ1) is 12.2. The van der Waals surface area contributed by atoms with E-state index in [1.807, 2.05) is 13.0 Å². The lowest BCUT2D eigenvalue weighted by molar-refractivity contribution is 0.176. The summed E-state index contributed by atoms with van der Waals surface area (Å²) in [5.74, 6) is 1.88. The van der Waals surface area contributed by atoms with Gasteiger partial charge in [-0.1, -0.05) is 10.3 Å². The largest absolute Gasteiger partial charge is 0.361 e. The number of rotatable bonds is 4. The summed E-state index contributed by atoms with van der Waals surface area (Å²) >= 11 is 0. The van der Waals surface area contributed by atoms with Crippen LogP contribution in [0.4, 0.5) is 4.39 Å². The molecule has 1 aliphatic rings. The number of benzene rings is 1. The van der Waals surface area contributed by atoms with Gasteiger partial charge in [-0.25, -0.2) is 4.39 Å². The molecule has 25 heavy (non-hydrogen) atoms. The van der Waals surface area contributed by atoms with Crippen molar-refractivity contribution >= 4 is 0 Å². The SMILES string of the molecule is Cc1cc(CN2CCC[C@H](c3nc(-c4ccc(F)cc4)no3)C2)no1. The third-order valence-electron chi connectivity index (χ3n) is 4.46. The zero-order valence-electron chi connectivity index (χ0n) is 14.0. The van der Waals surface area contributed by atoms with E-state index < -0.39 is 0 Å². The van der Waals surface area contributed by atoms with Crippen LogP contribution in [0.1, 0.15) is 36.1 Å². The average molecular weight is 342 g/mol. The summed E-state index contributed by atoms with van der Waals surface area (Å²) < 4.78 is 23.7. The average Bonchev–Trinajstić information content (AvgIpc) is 3.25. The van der Waals surface area contributed by atoms with Gasteiger partial charge in [0.1, 0.15) is 11.6 Å². The predicted octanol–water partition coefficient (Wildman–Crippen LogP) is 3.55. The van der Waals surface area contributed by atoms with E-state index in [2.05, 4.69) is 20.2 Å². The molecule has 3 heterocycles. The van der Waals surface area contributed by atoms with Gasteiger partial charge >= 0.3 is 0 Å². The van der Waals surface area contributed by atoms with Gasteiger partial charge in [0.15, 0.2) is 0 Å². The minimum Gasteiger partial charge on any atom is -0.361 e. The number of likely N-dealkylation sites (tertiary alicyclic amines) is 1. The highest BCUT2D eigenvalue weighted by Crippen LogP contribution is 2.28. The van der Waals surface area contributed by atoms with Crippen LogP contribution in [-0.4, -0.2) is 33.3 Å². The van der Waals surface area contributed by atoms with E-state index in [1.54, 1.807) is 12.1 Å². The molecule has 0 spiro atoms. The van der Waals surface area contributed by atoms with Gasteiger partial charge in [0, 0.05) is 24.7 Å². The molecule has 1 atom stereocenters. The van der Waals surface area contributed by atoms with Crippen LogP contribution in [-0.2, 0) is 6.54 Å². The molecule has 4 rings (SSSR count). The van der Waals surface area contributed by atoms with Crippen LogP contribution < -0.4 is 0 Å². The fourth-order valence-electron chi connectivity index (χ4n) is 3.24. The smallest absolute Gasteiger partial charge is 0.231 e. The highest BCUT2D eigenvalue weighted by Gasteiger charge is 2.26. The molecule has 1 saturated heterocycles. The van der Waals surface area contributed by atoms with Crippen molar-refractivity contribution in [1.82, 2.24) is 20.2 Å². The van der Waals surface area contributed by atoms with Crippen LogP contribution in [0.5, 0.6) is 0 Å². The monoisotopic (exact) mass is 342 g/mol. The number of hydrogen-bond donors (Lipinski definition) is 0. The van der Waals surface area contributed by atoms with Gasteiger partial charge in [-0.15, -0.1) is 0 Å². The van der Waals surface area contributed by atoms with Crippen molar-refractivity contribution in [3.63, 3.8) is 0 Å². The molecule has 0 bridgehead atoms. The molecule has 7 heteroatoms. The van der Waals surface area contributed by atoms with E-state index >= 15 is 0 Å². The van der Waals surface area contributed by atoms with Crippen molar-refractivity contribution in [1.29, 1.82) is 0 Å². The second-order valence-corrected chi connectivity index (χ2v) is 6.47. The second kappa shape index (κ2) is 6.76. The topological polar surface area (TPSA) is 68.2 Å². The number of nitrogens with zero attached hydrogens (tertiary/aromatic N) is 4. The third-order valence-corrected chi connectivity index (χ3v) is 4.46. The van der Waals surface area contributed by atoms with Gasteiger partial charge < -0.3 is 9.05 Å². The summed E-state index contributed by atoms with van der Waals surface area (Å²) in [6.07, 6.45) is 2.08. The number of hydrogen-bond acceptors (Lipinski definition) is 6. The Hall–Kier alpha value is -2.54. The minimum absolute atomic E-state index is 0.198. The lowest BCUT2D eigenvalue weighted by Gasteiger charge is -2.30. The Labute approximate surface area is 144 Å². The van der Waals surface area contributed by atoms with E-state index in [4.69, 9.17) is 9.05 Å². The first kappa shape index (κ1) is 16.0. The van der Waals surface area contributed by atoms with Gasteiger partial charge in [-0.3, -0.25) is 4.90 Å². The van der Waals surface area contributed by atoms with Crippen LogP contribution in [0.25, 0.3) is 11.4 Å². The molecule has 0 radical (unpaired) electrons. The zero-order valence-corrected chi connectivity index (χ0v) is 14.0. The normalized spacial score (nSPS) is 18.6. The number of piperidine rings is 1. The number of aromatic nitrogens is 3. The molecule has 0 N–H and O–H groups in total. The van der Waals surface area contributed by atoms with Crippen molar-refractivity contribution in [2.24, 2.45) is 0 Å². The Morgan fingerprint density at radius 1 is 1.20 bits per heavy atom. The lowest BCUT2D eigenvalue weighted by Crippen LogP contribution is -2.34. The fourth-order valence-corrected chi connectivity index (χ4v) is 3.24.